The van der Waals surface area contributed by atoms with E-state index >= 15 is 0 Å². The minimum Gasteiger partial charge on any atom is -0.462 e. The van der Waals surface area contributed by atoms with Crippen LogP contribution in [0.5, 0.6) is 0 Å². The van der Waals surface area contributed by atoms with E-state index < -0.39 is 16.8 Å². The summed E-state index contributed by atoms with van der Waals surface area (Å²) in [6.45, 7) is 1.92. The Balaban J connectivity index is 1.93. The van der Waals surface area contributed by atoms with E-state index in [1.54, 1.807) is 12.3 Å². The number of non-ortho nitro benzene ring substituents is 1. The van der Waals surface area contributed by atoms with Crippen molar-refractivity contribution in [1.29, 1.82) is 0 Å². The average Bonchev–Trinajstić information content (AvgIpc) is 3.12. The van der Waals surface area contributed by atoms with Gasteiger partial charge in [-0.15, -0.1) is 11.3 Å². The van der Waals surface area contributed by atoms with Crippen LogP contribution in [0.2, 0.25) is 0 Å². The fraction of sp³-hybridized carbons (Fsp3) is 0.100. The third kappa shape index (κ3) is 4.07. The number of hydrogen-bond donors (Lipinski definition) is 1. The molecular weight excluding hydrogens is 380 g/mol. The summed E-state index contributed by atoms with van der Waals surface area (Å²) in [6.07, 6.45) is 0. The lowest BCUT2D eigenvalue weighted by molar-refractivity contribution is -0.384. The fourth-order valence-electron chi connectivity index (χ4n) is 2.60. The van der Waals surface area contributed by atoms with Crippen molar-refractivity contribution in [2.75, 3.05) is 11.9 Å². The first-order valence-electron chi connectivity index (χ1n) is 8.41. The molecule has 8 heteroatoms. The first-order valence-corrected chi connectivity index (χ1v) is 9.29. The molecule has 1 amide bonds. The smallest absolute Gasteiger partial charge is 0.341 e. The maximum Gasteiger partial charge on any atom is 0.341 e. The van der Waals surface area contributed by atoms with Gasteiger partial charge in [0.05, 0.1) is 11.5 Å². The molecule has 1 N–H and O–H groups in total. The Bertz CT molecular complexity index is 1010. The molecule has 1 aromatic heterocycles. The largest absolute Gasteiger partial charge is 0.462 e. The lowest BCUT2D eigenvalue weighted by atomic mass is 10.0. The maximum absolute atomic E-state index is 12.5. The second kappa shape index (κ2) is 8.45. The number of carbonyl (C=O) groups is 2. The van der Waals surface area contributed by atoms with Gasteiger partial charge >= 0.3 is 5.97 Å². The molecule has 0 aliphatic rings. The summed E-state index contributed by atoms with van der Waals surface area (Å²) in [5.41, 5.74) is 1.93. The molecule has 2 aromatic carbocycles. The van der Waals surface area contributed by atoms with Crippen molar-refractivity contribution in [2.45, 2.75) is 6.92 Å². The van der Waals surface area contributed by atoms with Gasteiger partial charge in [0.1, 0.15) is 10.6 Å². The number of esters is 1. The zero-order valence-corrected chi connectivity index (χ0v) is 15.7. The van der Waals surface area contributed by atoms with Gasteiger partial charge in [0, 0.05) is 28.6 Å². The predicted molar refractivity (Wildman–Crippen MR) is 107 cm³/mol. The third-order valence-electron chi connectivity index (χ3n) is 3.92. The Hall–Kier alpha value is -3.52. The molecule has 0 saturated carbocycles. The number of amides is 1. The van der Waals surface area contributed by atoms with Gasteiger partial charge in [-0.25, -0.2) is 4.79 Å². The molecule has 0 atom stereocenters. The number of nitrogens with one attached hydrogen (secondary N) is 1. The van der Waals surface area contributed by atoms with E-state index in [0.29, 0.717) is 10.6 Å². The van der Waals surface area contributed by atoms with Crippen LogP contribution in [0.25, 0.3) is 11.1 Å². The highest BCUT2D eigenvalue weighted by Crippen LogP contribution is 2.36. The highest BCUT2D eigenvalue weighted by Gasteiger charge is 2.23. The lowest BCUT2D eigenvalue weighted by Crippen LogP contribution is -2.14. The molecule has 0 bridgehead atoms. The average molecular weight is 396 g/mol. The molecule has 0 aliphatic carbocycles. The van der Waals surface area contributed by atoms with Crippen LogP contribution >= 0.6 is 11.3 Å². The van der Waals surface area contributed by atoms with E-state index in [-0.39, 0.29) is 23.4 Å². The number of nitrogens with zero attached hydrogens (tertiary/aromatic N) is 1. The van der Waals surface area contributed by atoms with Gasteiger partial charge in [-0.2, -0.15) is 0 Å². The first kappa shape index (κ1) is 19.2. The molecule has 0 saturated heterocycles. The Morgan fingerprint density at radius 1 is 1.11 bits per heavy atom. The Labute approximate surface area is 164 Å². The van der Waals surface area contributed by atoms with E-state index in [9.17, 15) is 19.7 Å². The quantitative estimate of drug-likeness (QED) is 0.368. The maximum atomic E-state index is 12.5. The summed E-state index contributed by atoms with van der Waals surface area (Å²) in [4.78, 5) is 35.3. The monoisotopic (exact) mass is 396 g/mol. The van der Waals surface area contributed by atoms with Crippen molar-refractivity contribution in [3.63, 3.8) is 0 Å². The normalized spacial score (nSPS) is 10.3. The number of nitro groups is 1. The van der Waals surface area contributed by atoms with E-state index in [1.807, 2.05) is 30.3 Å². The summed E-state index contributed by atoms with van der Waals surface area (Å²) in [5.74, 6) is -0.997. The highest BCUT2D eigenvalue weighted by atomic mass is 32.1. The van der Waals surface area contributed by atoms with Crippen molar-refractivity contribution in [2.24, 2.45) is 0 Å². The van der Waals surface area contributed by atoms with Gasteiger partial charge in [-0.1, -0.05) is 30.3 Å². The van der Waals surface area contributed by atoms with Crippen LogP contribution in [0.15, 0.2) is 60.0 Å². The number of carbonyl (C=O) groups excluding carboxylic acids is 2. The van der Waals surface area contributed by atoms with Gasteiger partial charge in [0.15, 0.2) is 0 Å². The van der Waals surface area contributed by atoms with Gasteiger partial charge < -0.3 is 10.1 Å². The molecule has 0 fully saturated rings. The molecule has 3 rings (SSSR count). The van der Waals surface area contributed by atoms with Crippen LogP contribution in [0, 0.1) is 10.1 Å². The van der Waals surface area contributed by atoms with Crippen LogP contribution in [0.3, 0.4) is 0 Å². The first-order chi connectivity index (χ1) is 13.5. The van der Waals surface area contributed by atoms with Crippen molar-refractivity contribution in [3.8, 4) is 11.1 Å². The molecule has 0 radical (unpaired) electrons. The van der Waals surface area contributed by atoms with Gasteiger partial charge in [0.25, 0.3) is 11.6 Å². The van der Waals surface area contributed by atoms with E-state index in [1.165, 1.54) is 35.6 Å². The van der Waals surface area contributed by atoms with Crippen LogP contribution < -0.4 is 5.32 Å². The Morgan fingerprint density at radius 2 is 1.79 bits per heavy atom. The zero-order chi connectivity index (χ0) is 20.1. The highest BCUT2D eigenvalue weighted by molar-refractivity contribution is 7.15. The predicted octanol–water partition coefficient (Wildman–Crippen LogP) is 4.75. The molecule has 28 heavy (non-hydrogen) atoms. The van der Waals surface area contributed by atoms with Crippen molar-refractivity contribution in [3.05, 3.63) is 81.2 Å². The summed E-state index contributed by atoms with van der Waals surface area (Å²) < 4.78 is 5.16. The summed E-state index contributed by atoms with van der Waals surface area (Å²) in [6, 6.07) is 14.6. The van der Waals surface area contributed by atoms with E-state index in [0.717, 1.165) is 5.56 Å². The number of anilines is 1. The molecule has 3 aromatic rings. The summed E-state index contributed by atoms with van der Waals surface area (Å²) in [7, 11) is 0. The molecular formula is C20H16N2O5S. The molecule has 0 aliphatic heterocycles. The second-order valence-electron chi connectivity index (χ2n) is 5.70. The summed E-state index contributed by atoms with van der Waals surface area (Å²) >= 11 is 1.22. The zero-order valence-electron chi connectivity index (χ0n) is 14.9. The summed E-state index contributed by atoms with van der Waals surface area (Å²) in [5, 5.41) is 15.6. The second-order valence-corrected chi connectivity index (χ2v) is 6.58. The molecule has 0 unspecified atom stereocenters. The minimum absolute atomic E-state index is 0.105. The number of benzene rings is 2. The molecule has 7 nitrogen and oxygen atoms in total. The van der Waals surface area contributed by atoms with Gasteiger partial charge in [0.2, 0.25) is 0 Å². The fourth-order valence-corrected chi connectivity index (χ4v) is 3.55. The number of ether oxygens (including phenoxy) is 1. The Morgan fingerprint density at radius 3 is 2.39 bits per heavy atom. The molecule has 1 heterocycles. The van der Waals surface area contributed by atoms with Crippen LogP contribution in [0.4, 0.5) is 10.7 Å². The van der Waals surface area contributed by atoms with Crippen LogP contribution in [-0.4, -0.2) is 23.4 Å². The van der Waals surface area contributed by atoms with Crippen molar-refractivity contribution < 1.29 is 19.2 Å². The van der Waals surface area contributed by atoms with E-state index in [4.69, 9.17) is 4.74 Å². The van der Waals surface area contributed by atoms with Crippen LogP contribution in [-0.2, 0) is 4.74 Å². The number of hydrogen-bond acceptors (Lipinski definition) is 6. The molecule has 142 valence electrons. The SMILES string of the molecule is CCOC(=O)c1c(-c2ccccc2)csc1NC(=O)c1ccc([N+](=O)[O-])cc1. The van der Waals surface area contributed by atoms with E-state index in [2.05, 4.69) is 5.32 Å². The molecule has 0 spiro atoms. The topological polar surface area (TPSA) is 98.5 Å². The van der Waals surface area contributed by atoms with Gasteiger partial charge in [-0.05, 0) is 24.6 Å². The van der Waals surface area contributed by atoms with Gasteiger partial charge in [-0.3, -0.25) is 14.9 Å². The number of thiophene rings is 1. The number of rotatable bonds is 6. The third-order valence-corrected chi connectivity index (χ3v) is 4.82. The van der Waals surface area contributed by atoms with Crippen molar-refractivity contribution >= 4 is 33.9 Å². The minimum atomic E-state index is -0.536. The van der Waals surface area contributed by atoms with Crippen LogP contribution in [0.1, 0.15) is 27.6 Å². The number of nitro benzene ring substituents is 1. The Kier molecular flexibility index (Phi) is 5.81. The lowest BCUT2D eigenvalue weighted by Gasteiger charge is -2.09. The standard InChI is InChI=1S/C20H16N2O5S/c1-2-27-20(24)17-16(13-6-4-3-5-7-13)12-28-19(17)21-18(23)14-8-10-15(11-9-14)22(25)26/h3-12H,2H2,1H3,(H,21,23). The van der Waals surface area contributed by atoms with Crippen molar-refractivity contribution in [1.82, 2.24) is 0 Å².